The topological polar surface area (TPSA) is 80.7 Å². The van der Waals surface area contributed by atoms with Crippen LogP contribution >= 0.6 is 0 Å². The van der Waals surface area contributed by atoms with E-state index in [-0.39, 0.29) is 6.61 Å². The molecule has 0 unspecified atom stereocenters. The quantitative estimate of drug-likeness (QED) is 0.459. The van der Waals surface area contributed by atoms with Gasteiger partial charge in [-0.15, -0.1) is 0 Å². The first-order valence-corrected chi connectivity index (χ1v) is 7.45. The van der Waals surface area contributed by atoms with Crippen LogP contribution < -0.4 is 0 Å². The fourth-order valence-electron chi connectivity index (χ4n) is 1.47. The molecule has 0 saturated carbocycles. The van der Waals surface area contributed by atoms with Crippen LogP contribution in [-0.4, -0.2) is 25.4 Å². The maximum absolute atomic E-state index is 11.0. The van der Waals surface area contributed by atoms with E-state index in [1.807, 2.05) is 6.92 Å². The monoisotopic (exact) mass is 266 g/mol. The summed E-state index contributed by atoms with van der Waals surface area (Å²) < 4.78 is 32.9. The van der Waals surface area contributed by atoms with Crippen LogP contribution in [0.15, 0.2) is 0 Å². The largest absolute Gasteiger partial charge is 0.397 e. The first kappa shape index (κ1) is 16.5. The molecule has 0 heterocycles. The molecule has 0 fully saturated rings. The third kappa shape index (κ3) is 13.5. The Bertz CT molecular complexity index is 297. The van der Waals surface area contributed by atoms with Gasteiger partial charge in [-0.05, 0) is 12.8 Å². The fraction of sp³-hybridized carbons (Fsp3) is 0.909. The Labute approximate surface area is 104 Å². The summed E-state index contributed by atoms with van der Waals surface area (Å²) >= 11 is 0. The zero-order chi connectivity index (χ0) is 13.1. The number of carbonyl (C=O) groups excluding carboxylic acids is 1. The van der Waals surface area contributed by atoms with Gasteiger partial charge in [-0.1, -0.05) is 32.6 Å². The van der Waals surface area contributed by atoms with E-state index < -0.39 is 10.4 Å². The molecule has 0 aliphatic carbocycles. The van der Waals surface area contributed by atoms with Crippen molar-refractivity contribution in [3.05, 3.63) is 0 Å². The highest BCUT2D eigenvalue weighted by Gasteiger charge is 2.02. The van der Waals surface area contributed by atoms with Crippen LogP contribution in [0.2, 0.25) is 0 Å². The zero-order valence-electron chi connectivity index (χ0n) is 10.4. The molecule has 1 N–H and O–H groups in total. The number of unbranched alkanes of at least 4 members (excludes halogenated alkanes) is 5. The van der Waals surface area contributed by atoms with Gasteiger partial charge in [-0.3, -0.25) is 9.35 Å². The average molecular weight is 266 g/mol. The van der Waals surface area contributed by atoms with E-state index in [2.05, 4.69) is 4.18 Å². The van der Waals surface area contributed by atoms with E-state index in [0.29, 0.717) is 25.0 Å². The van der Waals surface area contributed by atoms with Gasteiger partial charge in [0.15, 0.2) is 0 Å². The molecule has 5 nitrogen and oxygen atoms in total. The summed E-state index contributed by atoms with van der Waals surface area (Å²) in [7, 11) is -4.28. The van der Waals surface area contributed by atoms with Gasteiger partial charge >= 0.3 is 10.4 Å². The van der Waals surface area contributed by atoms with E-state index >= 15 is 0 Å². The van der Waals surface area contributed by atoms with Crippen molar-refractivity contribution in [3.8, 4) is 0 Å². The summed E-state index contributed by atoms with van der Waals surface area (Å²) in [6.07, 6.45) is 6.79. The molecular weight excluding hydrogens is 244 g/mol. The second kappa shape index (κ2) is 9.56. The SMILES string of the molecule is CCC(=O)CCCCCCCCOS(=O)(=O)O. The van der Waals surface area contributed by atoms with E-state index in [1.54, 1.807) is 0 Å². The predicted molar refractivity (Wildman–Crippen MR) is 65.1 cm³/mol. The maximum atomic E-state index is 11.0. The second-order valence-electron chi connectivity index (χ2n) is 4.01. The Morgan fingerprint density at radius 3 is 2.12 bits per heavy atom. The summed E-state index contributed by atoms with van der Waals surface area (Å²) in [6.45, 7) is 1.91. The van der Waals surface area contributed by atoms with Crippen LogP contribution in [0.1, 0.15) is 58.3 Å². The Hall–Kier alpha value is -0.460. The first-order chi connectivity index (χ1) is 7.95. The molecule has 0 atom stereocenters. The third-order valence-corrected chi connectivity index (χ3v) is 2.94. The Balaban J connectivity index is 3.17. The molecule has 0 rings (SSSR count). The molecule has 0 aromatic rings. The molecule has 0 aliphatic heterocycles. The molecule has 0 aliphatic rings. The zero-order valence-corrected chi connectivity index (χ0v) is 11.2. The van der Waals surface area contributed by atoms with Crippen molar-refractivity contribution in [3.63, 3.8) is 0 Å². The number of rotatable bonds is 11. The van der Waals surface area contributed by atoms with Crippen molar-refractivity contribution in [1.82, 2.24) is 0 Å². The van der Waals surface area contributed by atoms with Gasteiger partial charge in [-0.2, -0.15) is 8.42 Å². The minimum atomic E-state index is -4.28. The van der Waals surface area contributed by atoms with Crippen LogP contribution in [0.25, 0.3) is 0 Å². The lowest BCUT2D eigenvalue weighted by Crippen LogP contribution is -2.04. The molecule has 0 bridgehead atoms. The number of carbonyl (C=O) groups is 1. The van der Waals surface area contributed by atoms with E-state index in [4.69, 9.17) is 4.55 Å². The molecule has 0 aromatic heterocycles. The molecule has 17 heavy (non-hydrogen) atoms. The average Bonchev–Trinajstić information content (AvgIpc) is 2.25. The molecule has 0 spiro atoms. The molecule has 6 heteroatoms. The summed E-state index contributed by atoms with van der Waals surface area (Å²) in [4.78, 5) is 11.0. The van der Waals surface area contributed by atoms with Crippen LogP contribution in [0.5, 0.6) is 0 Å². The minimum Gasteiger partial charge on any atom is -0.300 e. The smallest absolute Gasteiger partial charge is 0.300 e. The van der Waals surface area contributed by atoms with Crippen molar-refractivity contribution in [2.45, 2.75) is 58.3 Å². The second-order valence-corrected chi connectivity index (χ2v) is 5.10. The normalized spacial score (nSPS) is 11.6. The van der Waals surface area contributed by atoms with Gasteiger partial charge in [0.25, 0.3) is 0 Å². The van der Waals surface area contributed by atoms with Crippen molar-refractivity contribution >= 4 is 16.2 Å². The highest BCUT2D eigenvalue weighted by Crippen LogP contribution is 2.08. The van der Waals surface area contributed by atoms with E-state index in [0.717, 1.165) is 32.1 Å². The van der Waals surface area contributed by atoms with Gasteiger partial charge in [0.2, 0.25) is 0 Å². The first-order valence-electron chi connectivity index (χ1n) is 6.09. The van der Waals surface area contributed by atoms with E-state index in [9.17, 15) is 13.2 Å². The van der Waals surface area contributed by atoms with Crippen molar-refractivity contribution in [1.29, 1.82) is 0 Å². The predicted octanol–water partition coefficient (Wildman–Crippen LogP) is 2.52. The maximum Gasteiger partial charge on any atom is 0.397 e. The lowest BCUT2D eigenvalue weighted by molar-refractivity contribution is -0.118. The van der Waals surface area contributed by atoms with Gasteiger partial charge < -0.3 is 0 Å². The van der Waals surface area contributed by atoms with Gasteiger partial charge in [0.1, 0.15) is 5.78 Å². The molecular formula is C11H22O5S. The van der Waals surface area contributed by atoms with E-state index in [1.165, 1.54) is 0 Å². The summed E-state index contributed by atoms with van der Waals surface area (Å²) in [5.41, 5.74) is 0. The Morgan fingerprint density at radius 2 is 1.59 bits per heavy atom. The standard InChI is InChI=1S/C11H22O5S/c1-2-11(12)9-7-5-3-4-6-8-10-16-17(13,14)15/h2-10H2,1H3,(H,13,14,15). The van der Waals surface area contributed by atoms with Crippen LogP contribution in [0.4, 0.5) is 0 Å². The summed E-state index contributed by atoms with van der Waals surface area (Å²) in [5, 5.41) is 0. The molecule has 0 amide bonds. The highest BCUT2D eigenvalue weighted by atomic mass is 32.3. The van der Waals surface area contributed by atoms with Crippen LogP contribution in [-0.2, 0) is 19.4 Å². The van der Waals surface area contributed by atoms with Crippen molar-refractivity contribution in [2.24, 2.45) is 0 Å². The lowest BCUT2D eigenvalue weighted by Gasteiger charge is -2.01. The van der Waals surface area contributed by atoms with Crippen molar-refractivity contribution < 1.29 is 21.9 Å². The van der Waals surface area contributed by atoms with Gasteiger partial charge in [0, 0.05) is 12.8 Å². The molecule has 0 saturated heterocycles. The van der Waals surface area contributed by atoms with Gasteiger partial charge in [-0.25, -0.2) is 4.18 Å². The summed E-state index contributed by atoms with van der Waals surface area (Å²) in [5.74, 6) is 0.312. The highest BCUT2D eigenvalue weighted by molar-refractivity contribution is 7.80. The summed E-state index contributed by atoms with van der Waals surface area (Å²) in [6, 6.07) is 0. The lowest BCUT2D eigenvalue weighted by atomic mass is 10.1. The number of hydrogen-bond acceptors (Lipinski definition) is 4. The number of Topliss-reactive ketones (excluding diaryl/α,β-unsaturated/α-hetero) is 1. The Morgan fingerprint density at radius 1 is 1.06 bits per heavy atom. The van der Waals surface area contributed by atoms with Crippen LogP contribution in [0, 0.1) is 0 Å². The molecule has 102 valence electrons. The number of ketones is 1. The van der Waals surface area contributed by atoms with Crippen molar-refractivity contribution in [2.75, 3.05) is 6.61 Å². The molecule has 0 aromatic carbocycles. The van der Waals surface area contributed by atoms with Gasteiger partial charge in [0.05, 0.1) is 6.61 Å². The minimum absolute atomic E-state index is 0.0349. The fourth-order valence-corrected chi connectivity index (χ4v) is 1.80. The third-order valence-electron chi connectivity index (χ3n) is 2.48. The Kier molecular flexibility index (Phi) is 9.30. The molecule has 0 radical (unpaired) electrons. The number of hydrogen-bond donors (Lipinski definition) is 1. The van der Waals surface area contributed by atoms with Crippen LogP contribution in [0.3, 0.4) is 0 Å².